The van der Waals surface area contributed by atoms with Gasteiger partial charge >= 0.3 is 0 Å². The van der Waals surface area contributed by atoms with Gasteiger partial charge in [0, 0.05) is 52.4 Å². The number of amides is 2. The molecule has 10 nitrogen and oxygen atoms in total. The predicted octanol–water partition coefficient (Wildman–Crippen LogP) is 5.05. The number of anilines is 3. The average Bonchev–Trinajstić information content (AvgIpc) is 3.68. The van der Waals surface area contributed by atoms with Crippen molar-refractivity contribution >= 4 is 37.3 Å². The first-order chi connectivity index (χ1) is 21.5. The van der Waals surface area contributed by atoms with E-state index in [1.54, 1.807) is 66.4 Å². The van der Waals surface area contributed by atoms with Gasteiger partial charge in [0.15, 0.2) is 5.60 Å². The monoisotopic (exact) mass is 628 g/mol. The largest absolute Gasteiger partial charge is 0.399 e. The summed E-state index contributed by atoms with van der Waals surface area (Å²) >= 11 is 0. The average molecular weight is 629 g/mol. The van der Waals surface area contributed by atoms with Gasteiger partial charge in [-0.15, -0.1) is 5.10 Å². The minimum Gasteiger partial charge on any atom is -0.399 e. The molecule has 2 aliphatic rings. The number of nitrogens with two attached hydrogens (primary N) is 1. The number of ether oxygens (including phenoxy) is 1. The molecule has 5 N–H and O–H groups in total. The molecule has 1 aromatic heterocycles. The number of aromatic nitrogens is 3. The molecule has 1 spiro atoms. The first-order valence-corrected chi connectivity index (χ1v) is 18.0. The lowest BCUT2D eigenvalue weighted by molar-refractivity contribution is -0.143. The highest BCUT2D eigenvalue weighted by Crippen LogP contribution is 2.59. The molecule has 4 aromatic rings. The lowest BCUT2D eigenvalue weighted by atomic mass is 9.82. The topological polar surface area (TPSA) is 144 Å². The lowest BCUT2D eigenvalue weighted by Gasteiger charge is -2.30. The van der Waals surface area contributed by atoms with Crippen molar-refractivity contribution in [3.63, 3.8) is 0 Å². The highest BCUT2D eigenvalue weighted by molar-refractivity contribution is 6.72. The Bertz CT molecular complexity index is 1710. The number of nitrogen functional groups attached to an aromatic ring is 1. The van der Waals surface area contributed by atoms with E-state index in [1.165, 1.54) is 0 Å². The Labute approximate surface area is 262 Å². The lowest BCUT2D eigenvalue weighted by Crippen LogP contribution is -2.42. The molecule has 2 aliphatic heterocycles. The van der Waals surface area contributed by atoms with E-state index < -0.39 is 31.6 Å². The molecule has 0 radical (unpaired) electrons. The Morgan fingerprint density at radius 2 is 1.91 bits per heavy atom. The zero-order valence-corrected chi connectivity index (χ0v) is 26.4. The molecule has 0 aliphatic carbocycles. The number of fused-ring (bicyclic) bond motifs is 2. The van der Waals surface area contributed by atoms with Gasteiger partial charge in [-0.3, -0.25) is 14.3 Å². The van der Waals surface area contributed by atoms with Crippen LogP contribution in [0.2, 0.25) is 18.6 Å². The van der Waals surface area contributed by atoms with Crippen LogP contribution in [0.25, 0.3) is 0 Å². The van der Waals surface area contributed by atoms with Crippen LogP contribution in [-0.2, 0) is 21.7 Å². The van der Waals surface area contributed by atoms with Crippen molar-refractivity contribution in [3.8, 4) is 0 Å². The summed E-state index contributed by atoms with van der Waals surface area (Å²) in [6.45, 7) is 5.46. The normalized spacial score (nSPS) is 23.1. The predicted molar refractivity (Wildman–Crippen MR) is 172 cm³/mol. The fourth-order valence-electron chi connectivity index (χ4n) is 6.95. The van der Waals surface area contributed by atoms with Crippen LogP contribution in [0.15, 0.2) is 79.0 Å². The Hall–Kier alpha value is -4.39. The number of benzene rings is 3. The summed E-state index contributed by atoms with van der Waals surface area (Å²) in [6.07, 6.45) is 1.64. The number of rotatable bonds is 9. The first kappa shape index (κ1) is 30.6. The Morgan fingerprint density at radius 1 is 1.18 bits per heavy atom. The second kappa shape index (κ2) is 11.8. The number of aliphatic hydroxyl groups is 1. The third kappa shape index (κ3) is 5.65. The maximum atomic E-state index is 16.1. The molecule has 0 saturated carbocycles. The Morgan fingerprint density at radius 3 is 2.60 bits per heavy atom. The summed E-state index contributed by atoms with van der Waals surface area (Å²) in [6, 6.07) is 21.4. The van der Waals surface area contributed by atoms with Crippen LogP contribution in [-0.4, -0.2) is 53.0 Å². The number of hydrogen-bond donors (Lipinski definition) is 4. The molecule has 3 aromatic carbocycles. The van der Waals surface area contributed by atoms with Crippen LogP contribution in [0.1, 0.15) is 46.4 Å². The van der Waals surface area contributed by atoms with Gasteiger partial charge in [0.1, 0.15) is 0 Å². The molecule has 234 valence electrons. The molecule has 3 heterocycles. The van der Waals surface area contributed by atoms with Gasteiger partial charge in [0.05, 0.1) is 24.3 Å². The molecule has 5 atom stereocenters. The van der Waals surface area contributed by atoms with Gasteiger partial charge in [0.2, 0.25) is 8.41 Å². The number of aryl methyl sites for hydroxylation is 1. The maximum Gasteiger partial charge on any atom is 0.261 e. The van der Waals surface area contributed by atoms with Gasteiger partial charge in [-0.05, 0) is 67.5 Å². The minimum atomic E-state index is -3.35. The van der Waals surface area contributed by atoms with Crippen LogP contribution in [0.5, 0.6) is 0 Å². The molecule has 12 heteroatoms. The van der Waals surface area contributed by atoms with Crippen LogP contribution in [0.3, 0.4) is 0 Å². The first-order valence-electron chi connectivity index (χ1n) is 15.1. The highest BCUT2D eigenvalue weighted by atomic mass is 28.4. The fraction of sp³-hybridized carbons (Fsp3) is 0.333. The van der Waals surface area contributed by atoms with Gasteiger partial charge < -0.3 is 30.3 Å². The minimum absolute atomic E-state index is 0.116. The van der Waals surface area contributed by atoms with E-state index in [9.17, 15) is 14.7 Å². The van der Waals surface area contributed by atoms with Crippen molar-refractivity contribution in [2.75, 3.05) is 23.0 Å². The molecule has 1 saturated heterocycles. The Balaban J connectivity index is 1.25. The van der Waals surface area contributed by atoms with Crippen molar-refractivity contribution in [3.05, 3.63) is 101 Å². The number of nitrogens with zero attached hydrogens (tertiary/aromatic N) is 3. The number of halogens is 1. The van der Waals surface area contributed by atoms with E-state index >= 15 is 4.11 Å². The van der Waals surface area contributed by atoms with E-state index in [-0.39, 0.29) is 24.3 Å². The SMILES string of the molecule is C[C@H]1[C@H]([Si](C)(C)F)[C@@H](CCn2cc(C(CO)c3ccccc3)nn2)O[C@]12C(=O)Nc1ccc(NC(=O)c3ccc(N)cc3)cc12. The summed E-state index contributed by atoms with van der Waals surface area (Å²) in [4.78, 5) is 26.6. The van der Waals surface area contributed by atoms with Crippen molar-refractivity contribution in [1.82, 2.24) is 15.0 Å². The maximum absolute atomic E-state index is 16.1. The van der Waals surface area contributed by atoms with Gasteiger partial charge in [-0.1, -0.05) is 42.5 Å². The second-order valence-electron chi connectivity index (χ2n) is 12.4. The zero-order valence-electron chi connectivity index (χ0n) is 25.4. The van der Waals surface area contributed by atoms with E-state index in [4.69, 9.17) is 10.5 Å². The van der Waals surface area contributed by atoms with Crippen LogP contribution >= 0.6 is 0 Å². The van der Waals surface area contributed by atoms with Gasteiger partial charge in [0.25, 0.3) is 11.8 Å². The quantitative estimate of drug-likeness (QED) is 0.115. The molecule has 2 amide bonds. The van der Waals surface area contributed by atoms with Crippen molar-refractivity contribution in [2.45, 2.75) is 56.1 Å². The zero-order chi connectivity index (χ0) is 31.9. The fourth-order valence-corrected chi connectivity index (χ4v) is 9.49. The summed E-state index contributed by atoms with van der Waals surface area (Å²) in [5, 5.41) is 24.5. The van der Waals surface area contributed by atoms with Crippen LogP contribution in [0.4, 0.5) is 21.2 Å². The summed E-state index contributed by atoms with van der Waals surface area (Å²) in [7, 11) is -3.35. The van der Waals surface area contributed by atoms with E-state index in [2.05, 4.69) is 20.9 Å². The van der Waals surface area contributed by atoms with E-state index in [0.29, 0.717) is 46.8 Å². The third-order valence-electron chi connectivity index (χ3n) is 9.09. The highest BCUT2D eigenvalue weighted by Gasteiger charge is 2.65. The summed E-state index contributed by atoms with van der Waals surface area (Å²) in [5.41, 5.74) is 8.07. The molecule has 0 bridgehead atoms. The smallest absolute Gasteiger partial charge is 0.261 e. The number of carbonyl (C=O) groups is 2. The second-order valence-corrected chi connectivity index (χ2v) is 16.2. The van der Waals surface area contributed by atoms with Crippen LogP contribution < -0.4 is 16.4 Å². The molecule has 45 heavy (non-hydrogen) atoms. The number of nitrogens with one attached hydrogen (secondary N) is 2. The molecule has 6 rings (SSSR count). The third-order valence-corrected chi connectivity index (χ3v) is 11.5. The molecule has 1 fully saturated rings. The Kier molecular flexibility index (Phi) is 8.06. The summed E-state index contributed by atoms with van der Waals surface area (Å²) in [5.74, 6) is -1.45. The number of aliphatic hydroxyl groups excluding tert-OH is 1. The standard InChI is InChI=1S/C33H37FN6O4Si/c1-20-30(45(2,3)34)29(15-16-40-18-28(38-39-40)25(19-41)21-7-5-4-6-8-21)44-33(20)26-17-24(13-14-27(26)37-32(33)43)36-31(42)22-9-11-23(35)12-10-22/h4-14,17-18,20,25,29-30,41H,15-16,19,35H2,1-3H3,(H,36,42)(H,37,43)/t20-,25?,29+,30-,33+/m0/s1. The van der Waals surface area contributed by atoms with E-state index in [1.807, 2.05) is 37.3 Å². The van der Waals surface area contributed by atoms with Crippen LogP contribution in [0, 0.1) is 5.92 Å². The molecular formula is C33H37FN6O4Si. The molecular weight excluding hydrogens is 591 g/mol. The van der Waals surface area contributed by atoms with Crippen molar-refractivity contribution in [1.29, 1.82) is 0 Å². The molecule has 1 unspecified atom stereocenters. The number of hydrogen-bond acceptors (Lipinski definition) is 7. The van der Waals surface area contributed by atoms with Gasteiger partial charge in [-0.2, -0.15) is 0 Å². The van der Waals surface area contributed by atoms with Crippen molar-refractivity contribution in [2.24, 2.45) is 5.92 Å². The van der Waals surface area contributed by atoms with Crippen molar-refractivity contribution < 1.29 is 23.5 Å². The van der Waals surface area contributed by atoms with Gasteiger partial charge in [-0.25, -0.2) is 0 Å². The van der Waals surface area contributed by atoms with E-state index in [0.717, 1.165) is 5.56 Å². The summed E-state index contributed by atoms with van der Waals surface area (Å²) < 4.78 is 24.4. The number of carbonyl (C=O) groups excluding carboxylic acids is 2.